The highest BCUT2D eigenvalue weighted by molar-refractivity contribution is 6.08. The van der Waals surface area contributed by atoms with Crippen molar-refractivity contribution < 1.29 is 4.79 Å². The van der Waals surface area contributed by atoms with Gasteiger partial charge >= 0.3 is 0 Å². The number of carbonyl (C=O) groups is 1. The van der Waals surface area contributed by atoms with Gasteiger partial charge in [-0.05, 0) is 37.1 Å². The lowest BCUT2D eigenvalue weighted by Gasteiger charge is -2.06. The van der Waals surface area contributed by atoms with Crippen molar-refractivity contribution in [1.29, 1.82) is 0 Å². The summed E-state index contributed by atoms with van der Waals surface area (Å²) in [4.78, 5) is 17.7. The van der Waals surface area contributed by atoms with E-state index < -0.39 is 0 Å². The molecular weight excluding hydrogens is 424 g/mol. The monoisotopic (exact) mass is 448 g/mol. The van der Waals surface area contributed by atoms with Crippen molar-refractivity contribution in [2.24, 2.45) is 0 Å². The van der Waals surface area contributed by atoms with Crippen molar-refractivity contribution in [3.05, 3.63) is 114 Å². The van der Waals surface area contributed by atoms with E-state index in [9.17, 15) is 4.79 Å². The smallest absolute Gasteiger partial charge is 0.262 e. The maximum absolute atomic E-state index is 13.4. The first-order chi connectivity index (χ1) is 16.6. The molecule has 7 heteroatoms. The van der Waals surface area contributed by atoms with E-state index in [2.05, 4.69) is 34.5 Å². The van der Waals surface area contributed by atoms with Gasteiger partial charge in [-0.15, -0.1) is 5.10 Å². The summed E-state index contributed by atoms with van der Waals surface area (Å²) in [7, 11) is 0. The first-order valence-electron chi connectivity index (χ1n) is 11.1. The molecule has 0 saturated heterocycles. The third kappa shape index (κ3) is 4.23. The van der Waals surface area contributed by atoms with Crippen molar-refractivity contribution in [1.82, 2.24) is 24.5 Å². The Morgan fingerprint density at radius 1 is 0.853 bits per heavy atom. The van der Waals surface area contributed by atoms with Crippen LogP contribution in [0.4, 0.5) is 5.95 Å². The molecule has 0 fully saturated rings. The summed E-state index contributed by atoms with van der Waals surface area (Å²) in [5, 5.41) is 12.1. The third-order valence-electron chi connectivity index (χ3n) is 5.75. The lowest BCUT2D eigenvalue weighted by molar-refractivity contribution is 0.102. The number of aryl methyl sites for hydroxylation is 1. The second-order valence-electron chi connectivity index (χ2n) is 8.07. The van der Waals surface area contributed by atoms with E-state index >= 15 is 0 Å². The van der Waals surface area contributed by atoms with Crippen molar-refractivity contribution in [2.45, 2.75) is 20.4 Å². The van der Waals surface area contributed by atoms with Gasteiger partial charge < -0.3 is 0 Å². The molecule has 0 atom stereocenters. The Balaban J connectivity index is 1.46. The number of rotatable bonds is 6. The fourth-order valence-electron chi connectivity index (χ4n) is 3.95. The molecule has 0 aliphatic heterocycles. The van der Waals surface area contributed by atoms with Gasteiger partial charge in [0.1, 0.15) is 12.0 Å². The predicted octanol–water partition coefficient (Wildman–Crippen LogP) is 5.05. The highest BCUT2D eigenvalue weighted by Crippen LogP contribution is 2.28. The molecule has 0 bridgehead atoms. The third-order valence-corrected chi connectivity index (χ3v) is 5.75. The summed E-state index contributed by atoms with van der Waals surface area (Å²) in [6.07, 6.45) is 1.63. The van der Waals surface area contributed by atoms with Gasteiger partial charge in [-0.2, -0.15) is 5.10 Å². The molecule has 34 heavy (non-hydrogen) atoms. The Kier molecular flexibility index (Phi) is 5.74. The molecule has 7 nitrogen and oxygen atoms in total. The molecule has 0 spiro atoms. The zero-order chi connectivity index (χ0) is 23.5. The molecule has 5 rings (SSSR count). The van der Waals surface area contributed by atoms with E-state index in [1.807, 2.05) is 79.7 Å². The summed E-state index contributed by atoms with van der Waals surface area (Å²) < 4.78 is 3.51. The zero-order valence-electron chi connectivity index (χ0n) is 19.0. The molecule has 0 saturated carbocycles. The van der Waals surface area contributed by atoms with Crippen LogP contribution in [0.1, 0.15) is 27.2 Å². The van der Waals surface area contributed by atoms with Crippen LogP contribution >= 0.6 is 0 Å². The Hall–Kier alpha value is -4.52. The van der Waals surface area contributed by atoms with E-state index in [1.54, 1.807) is 15.7 Å². The van der Waals surface area contributed by atoms with E-state index in [0.717, 1.165) is 22.5 Å². The Labute approximate surface area is 197 Å². The summed E-state index contributed by atoms with van der Waals surface area (Å²) in [5.41, 5.74) is 5.92. The Bertz CT molecular complexity index is 1440. The van der Waals surface area contributed by atoms with Crippen LogP contribution in [0, 0.1) is 13.8 Å². The summed E-state index contributed by atoms with van der Waals surface area (Å²) >= 11 is 0. The van der Waals surface area contributed by atoms with Crippen LogP contribution < -0.4 is 5.32 Å². The van der Waals surface area contributed by atoms with E-state index in [1.165, 1.54) is 5.56 Å². The van der Waals surface area contributed by atoms with Crippen LogP contribution in [0.3, 0.4) is 0 Å². The van der Waals surface area contributed by atoms with Gasteiger partial charge in [0.25, 0.3) is 5.91 Å². The van der Waals surface area contributed by atoms with Gasteiger partial charge in [0, 0.05) is 5.56 Å². The first-order valence-corrected chi connectivity index (χ1v) is 11.1. The minimum Gasteiger partial charge on any atom is -0.289 e. The van der Waals surface area contributed by atoms with E-state index in [-0.39, 0.29) is 11.9 Å². The fraction of sp³-hybridized carbons (Fsp3) is 0.111. The van der Waals surface area contributed by atoms with Crippen molar-refractivity contribution in [3.63, 3.8) is 0 Å². The fourth-order valence-corrected chi connectivity index (χ4v) is 3.95. The molecule has 2 aromatic heterocycles. The molecule has 0 aliphatic carbocycles. The van der Waals surface area contributed by atoms with Gasteiger partial charge in [-0.25, -0.2) is 14.3 Å². The number of para-hydroxylation sites is 1. The maximum Gasteiger partial charge on any atom is 0.262 e. The van der Waals surface area contributed by atoms with Crippen molar-refractivity contribution >= 4 is 11.9 Å². The van der Waals surface area contributed by atoms with Gasteiger partial charge in [-0.3, -0.25) is 10.1 Å². The second-order valence-corrected chi connectivity index (χ2v) is 8.07. The van der Waals surface area contributed by atoms with Gasteiger partial charge in [0.2, 0.25) is 5.95 Å². The van der Waals surface area contributed by atoms with Crippen LogP contribution in [-0.2, 0) is 6.54 Å². The number of nitrogens with zero attached hydrogens (tertiary/aromatic N) is 5. The SMILES string of the molecule is Cc1ccccc1Cn1cnc(NC(=O)c2c(-c3ccccc3)nn(-c3ccccc3)c2C)n1. The molecule has 2 heterocycles. The molecule has 0 aliphatic rings. The number of hydrogen-bond acceptors (Lipinski definition) is 4. The van der Waals surface area contributed by atoms with Crippen LogP contribution in [0.15, 0.2) is 91.3 Å². The van der Waals surface area contributed by atoms with Gasteiger partial charge in [0.15, 0.2) is 0 Å². The lowest BCUT2D eigenvalue weighted by atomic mass is 10.1. The Morgan fingerprint density at radius 3 is 2.26 bits per heavy atom. The highest BCUT2D eigenvalue weighted by Gasteiger charge is 2.24. The quantitative estimate of drug-likeness (QED) is 0.394. The molecule has 3 aromatic carbocycles. The second kappa shape index (κ2) is 9.15. The molecule has 168 valence electrons. The first kappa shape index (κ1) is 21.3. The number of anilines is 1. The molecule has 0 radical (unpaired) electrons. The number of hydrogen-bond donors (Lipinski definition) is 1. The summed E-state index contributed by atoms with van der Waals surface area (Å²) in [5.74, 6) is -0.0448. The minimum absolute atomic E-state index is 0.254. The van der Waals surface area contributed by atoms with E-state index in [4.69, 9.17) is 5.10 Å². The normalized spacial score (nSPS) is 10.9. The molecule has 1 N–H and O–H groups in total. The number of carbonyl (C=O) groups excluding carboxylic acids is 1. The zero-order valence-corrected chi connectivity index (χ0v) is 19.0. The van der Waals surface area contributed by atoms with Crippen LogP contribution in [0.25, 0.3) is 16.9 Å². The predicted molar refractivity (Wildman–Crippen MR) is 132 cm³/mol. The van der Waals surface area contributed by atoms with Crippen molar-refractivity contribution in [2.75, 3.05) is 5.32 Å². The molecule has 5 aromatic rings. The standard InChI is InChI=1S/C27H24N6O/c1-19-11-9-10-14-22(19)17-32-18-28-27(31-32)29-26(34)24-20(2)33(23-15-7-4-8-16-23)30-25(24)21-12-5-3-6-13-21/h3-16,18H,17H2,1-2H3,(H,29,31,34). The maximum atomic E-state index is 13.4. The topological polar surface area (TPSA) is 77.6 Å². The lowest BCUT2D eigenvalue weighted by Crippen LogP contribution is -2.15. The average Bonchev–Trinajstić information content (AvgIpc) is 3.45. The minimum atomic E-state index is -0.299. The summed E-state index contributed by atoms with van der Waals surface area (Å²) in [6, 6.07) is 27.6. The molecule has 1 amide bonds. The number of amides is 1. The van der Waals surface area contributed by atoms with Crippen LogP contribution in [0.2, 0.25) is 0 Å². The largest absolute Gasteiger partial charge is 0.289 e. The van der Waals surface area contributed by atoms with Gasteiger partial charge in [0.05, 0.1) is 23.5 Å². The van der Waals surface area contributed by atoms with Gasteiger partial charge in [-0.1, -0.05) is 72.8 Å². The van der Waals surface area contributed by atoms with E-state index in [0.29, 0.717) is 17.8 Å². The number of nitrogens with one attached hydrogen (secondary N) is 1. The van der Waals surface area contributed by atoms with Crippen LogP contribution in [-0.4, -0.2) is 30.5 Å². The van der Waals surface area contributed by atoms with Crippen LogP contribution in [0.5, 0.6) is 0 Å². The Morgan fingerprint density at radius 2 is 1.53 bits per heavy atom. The number of benzene rings is 3. The van der Waals surface area contributed by atoms with Crippen molar-refractivity contribution in [3.8, 4) is 16.9 Å². The number of aromatic nitrogens is 5. The highest BCUT2D eigenvalue weighted by atomic mass is 16.1. The average molecular weight is 449 g/mol. The molecule has 0 unspecified atom stereocenters. The molecular formula is C27H24N6O. The summed E-state index contributed by atoms with van der Waals surface area (Å²) in [6.45, 7) is 4.54.